The molecule has 0 atom stereocenters. The highest BCUT2D eigenvalue weighted by Gasteiger charge is 2.11. The van der Waals surface area contributed by atoms with Gasteiger partial charge in [-0.15, -0.1) is 0 Å². The zero-order valence-electron chi connectivity index (χ0n) is 14.2. The molecular weight excluding hydrogens is 326 g/mol. The van der Waals surface area contributed by atoms with Gasteiger partial charge in [-0.25, -0.2) is 14.8 Å². The molecule has 0 unspecified atom stereocenters. The molecule has 2 rings (SSSR count). The van der Waals surface area contributed by atoms with Crippen LogP contribution in [0.25, 0.3) is 0 Å². The predicted molar refractivity (Wildman–Crippen MR) is 93.0 cm³/mol. The molecule has 0 radical (unpaired) electrons. The Hall–Kier alpha value is -3.23. The van der Waals surface area contributed by atoms with Gasteiger partial charge in [-0.1, -0.05) is 0 Å². The summed E-state index contributed by atoms with van der Waals surface area (Å²) >= 11 is 0. The lowest BCUT2D eigenvalue weighted by atomic mass is 10.2. The Morgan fingerprint density at radius 3 is 2.20 bits per heavy atom. The van der Waals surface area contributed by atoms with Crippen molar-refractivity contribution in [3.63, 3.8) is 0 Å². The molecule has 9 heteroatoms. The van der Waals surface area contributed by atoms with Gasteiger partial charge >= 0.3 is 5.97 Å². The fourth-order valence-corrected chi connectivity index (χ4v) is 2.10. The normalized spacial score (nSPS) is 10.2. The third-order valence-corrected chi connectivity index (χ3v) is 3.67. The molecule has 0 saturated heterocycles. The Bertz CT molecular complexity index is 733. The van der Waals surface area contributed by atoms with Crippen LogP contribution < -0.4 is 9.80 Å². The monoisotopic (exact) mass is 345 g/mol. The van der Waals surface area contributed by atoms with Crippen molar-refractivity contribution in [1.82, 2.24) is 9.97 Å². The molecule has 0 spiro atoms. The number of rotatable bonds is 7. The van der Waals surface area contributed by atoms with E-state index in [1.807, 2.05) is 23.9 Å². The van der Waals surface area contributed by atoms with Gasteiger partial charge in [-0.3, -0.25) is 10.1 Å². The summed E-state index contributed by atoms with van der Waals surface area (Å²) in [5.74, 6) is 0.0110. The maximum absolute atomic E-state index is 11.4. The average Bonchev–Trinajstić information content (AvgIpc) is 2.65. The van der Waals surface area contributed by atoms with Crippen LogP contribution in [0.4, 0.5) is 17.3 Å². The van der Waals surface area contributed by atoms with E-state index in [0.717, 1.165) is 5.69 Å². The first-order chi connectivity index (χ1) is 11.9. The van der Waals surface area contributed by atoms with Crippen LogP contribution in [0.5, 0.6) is 0 Å². The number of hydrogen-bond donors (Lipinski definition) is 0. The number of hydrogen-bond acceptors (Lipinski definition) is 8. The fraction of sp³-hybridized carbons (Fsp3) is 0.312. The van der Waals surface area contributed by atoms with E-state index in [1.165, 1.54) is 31.6 Å². The summed E-state index contributed by atoms with van der Waals surface area (Å²) in [6.07, 6.45) is 2.84. The van der Waals surface area contributed by atoms with E-state index >= 15 is 0 Å². The zero-order valence-corrected chi connectivity index (χ0v) is 14.2. The van der Waals surface area contributed by atoms with E-state index in [9.17, 15) is 14.9 Å². The first-order valence-electron chi connectivity index (χ1n) is 7.49. The summed E-state index contributed by atoms with van der Waals surface area (Å²) in [6, 6.07) is 6.37. The predicted octanol–water partition coefficient (Wildman–Crippen LogP) is 1.74. The molecule has 25 heavy (non-hydrogen) atoms. The molecule has 1 heterocycles. The SMILES string of the molecule is COC(=O)c1cnc(N(C)CCN(C)c2ccc([N+](=O)[O-])cc2)nc1. The van der Waals surface area contributed by atoms with Crippen LogP contribution in [-0.2, 0) is 4.74 Å². The number of nitro groups is 1. The topological polar surface area (TPSA) is 102 Å². The smallest absolute Gasteiger partial charge is 0.341 e. The van der Waals surface area contributed by atoms with Gasteiger partial charge in [0.1, 0.15) is 0 Å². The van der Waals surface area contributed by atoms with E-state index < -0.39 is 10.9 Å². The Morgan fingerprint density at radius 2 is 1.68 bits per heavy atom. The van der Waals surface area contributed by atoms with Gasteiger partial charge < -0.3 is 14.5 Å². The van der Waals surface area contributed by atoms with Crippen molar-refractivity contribution in [3.8, 4) is 0 Å². The molecule has 0 aliphatic heterocycles. The summed E-state index contributed by atoms with van der Waals surface area (Å²) in [4.78, 5) is 33.8. The molecule has 1 aromatic heterocycles. The molecule has 0 fully saturated rings. The number of non-ortho nitro benzene ring substituents is 1. The maximum atomic E-state index is 11.4. The molecular formula is C16H19N5O4. The lowest BCUT2D eigenvalue weighted by molar-refractivity contribution is -0.384. The van der Waals surface area contributed by atoms with Crippen LogP contribution in [0.1, 0.15) is 10.4 Å². The van der Waals surface area contributed by atoms with Crippen molar-refractivity contribution >= 4 is 23.3 Å². The number of likely N-dealkylation sites (N-methyl/N-ethyl adjacent to an activating group) is 2. The maximum Gasteiger partial charge on any atom is 0.341 e. The van der Waals surface area contributed by atoms with E-state index in [2.05, 4.69) is 14.7 Å². The minimum absolute atomic E-state index is 0.0633. The molecule has 2 aromatic rings. The number of nitro benzene ring substituents is 1. The number of esters is 1. The number of benzene rings is 1. The van der Waals surface area contributed by atoms with E-state index in [-0.39, 0.29) is 5.69 Å². The van der Waals surface area contributed by atoms with Crippen LogP contribution in [0, 0.1) is 10.1 Å². The third-order valence-electron chi connectivity index (χ3n) is 3.67. The second kappa shape index (κ2) is 8.04. The van der Waals surface area contributed by atoms with E-state index in [0.29, 0.717) is 24.6 Å². The number of carbonyl (C=O) groups is 1. The van der Waals surface area contributed by atoms with Gasteiger partial charge in [-0.2, -0.15) is 0 Å². The van der Waals surface area contributed by atoms with Crippen molar-refractivity contribution in [2.75, 3.05) is 44.1 Å². The van der Waals surface area contributed by atoms with Crippen molar-refractivity contribution in [2.45, 2.75) is 0 Å². The minimum atomic E-state index is -0.480. The Kier molecular flexibility index (Phi) is 5.83. The summed E-state index contributed by atoms with van der Waals surface area (Å²) in [5.41, 5.74) is 1.23. The summed E-state index contributed by atoms with van der Waals surface area (Å²) in [7, 11) is 5.05. The second-order valence-corrected chi connectivity index (χ2v) is 5.38. The Labute approximate surface area is 145 Å². The van der Waals surface area contributed by atoms with Gasteiger partial charge in [-0.05, 0) is 12.1 Å². The second-order valence-electron chi connectivity index (χ2n) is 5.38. The highest BCUT2D eigenvalue weighted by atomic mass is 16.6. The van der Waals surface area contributed by atoms with Gasteiger partial charge in [0.15, 0.2) is 0 Å². The van der Waals surface area contributed by atoms with Crippen LogP contribution in [0.15, 0.2) is 36.7 Å². The number of nitrogens with zero attached hydrogens (tertiary/aromatic N) is 5. The van der Waals surface area contributed by atoms with Crippen molar-refractivity contribution < 1.29 is 14.5 Å². The van der Waals surface area contributed by atoms with Crippen LogP contribution in [-0.4, -0.2) is 55.2 Å². The number of ether oxygens (including phenoxy) is 1. The number of carbonyl (C=O) groups excluding carboxylic acids is 1. The molecule has 132 valence electrons. The van der Waals surface area contributed by atoms with Crippen molar-refractivity contribution in [1.29, 1.82) is 0 Å². The third kappa shape index (κ3) is 4.63. The number of aromatic nitrogens is 2. The van der Waals surface area contributed by atoms with E-state index in [1.54, 1.807) is 12.1 Å². The molecule has 0 amide bonds. The average molecular weight is 345 g/mol. The molecule has 0 aliphatic rings. The molecule has 0 bridgehead atoms. The van der Waals surface area contributed by atoms with Gasteiger partial charge in [0, 0.05) is 57.4 Å². The van der Waals surface area contributed by atoms with Crippen molar-refractivity contribution in [2.24, 2.45) is 0 Å². The van der Waals surface area contributed by atoms with Gasteiger partial charge in [0.2, 0.25) is 5.95 Å². The lowest BCUT2D eigenvalue weighted by Gasteiger charge is -2.23. The quantitative estimate of drug-likeness (QED) is 0.425. The highest BCUT2D eigenvalue weighted by Crippen LogP contribution is 2.18. The molecule has 0 aliphatic carbocycles. The summed E-state index contributed by atoms with van der Waals surface area (Å²) in [5, 5.41) is 10.7. The highest BCUT2D eigenvalue weighted by molar-refractivity contribution is 5.88. The van der Waals surface area contributed by atoms with Crippen LogP contribution in [0.3, 0.4) is 0 Å². The van der Waals surface area contributed by atoms with Gasteiger partial charge in [0.05, 0.1) is 17.6 Å². The zero-order chi connectivity index (χ0) is 18.4. The lowest BCUT2D eigenvalue weighted by Crippen LogP contribution is -2.31. The van der Waals surface area contributed by atoms with Crippen LogP contribution in [0.2, 0.25) is 0 Å². The van der Waals surface area contributed by atoms with Crippen molar-refractivity contribution in [3.05, 3.63) is 52.3 Å². The van der Waals surface area contributed by atoms with Gasteiger partial charge in [0.25, 0.3) is 5.69 Å². The standard InChI is InChI=1S/C16H19N5O4/c1-19(13-4-6-14(7-5-13)21(23)24)8-9-20(2)16-17-10-12(11-18-16)15(22)25-3/h4-7,10-11H,8-9H2,1-3H3. The van der Waals surface area contributed by atoms with Crippen LogP contribution >= 0.6 is 0 Å². The largest absolute Gasteiger partial charge is 0.465 e. The molecule has 0 saturated carbocycles. The Balaban J connectivity index is 1.93. The molecule has 1 aromatic carbocycles. The minimum Gasteiger partial charge on any atom is -0.465 e. The summed E-state index contributed by atoms with van der Waals surface area (Å²) in [6.45, 7) is 1.29. The van der Waals surface area contributed by atoms with E-state index in [4.69, 9.17) is 0 Å². The summed E-state index contributed by atoms with van der Waals surface area (Å²) < 4.78 is 4.61. The molecule has 0 N–H and O–H groups in total. The number of anilines is 2. The molecule has 9 nitrogen and oxygen atoms in total. The first kappa shape index (κ1) is 18.1. The first-order valence-corrected chi connectivity index (χ1v) is 7.49. The fourth-order valence-electron chi connectivity index (χ4n) is 2.10. The Morgan fingerprint density at radius 1 is 1.12 bits per heavy atom. The number of methoxy groups -OCH3 is 1.